The number of oxime groups is 1. The monoisotopic (exact) mass is 335 g/mol. The SMILES string of the molecule is C/C(=N/OC(=O)c1ccc(F)cc1)c1ccc(Br)cc1. The largest absolute Gasteiger partial charge is 0.365 e. The highest BCUT2D eigenvalue weighted by atomic mass is 79.9. The third-order valence-electron chi connectivity index (χ3n) is 2.61. The first kappa shape index (κ1) is 14.4. The lowest BCUT2D eigenvalue weighted by atomic mass is 10.1. The molecule has 0 radical (unpaired) electrons. The van der Waals surface area contributed by atoms with E-state index in [1.165, 1.54) is 24.3 Å². The normalized spacial score (nSPS) is 11.2. The molecule has 3 nitrogen and oxygen atoms in total. The summed E-state index contributed by atoms with van der Waals surface area (Å²) in [4.78, 5) is 16.5. The number of carbonyl (C=O) groups is 1. The Labute approximate surface area is 124 Å². The number of nitrogens with zero attached hydrogens (tertiary/aromatic N) is 1. The van der Waals surface area contributed by atoms with Crippen LogP contribution in [0.1, 0.15) is 22.8 Å². The molecule has 0 fully saturated rings. The number of halogens is 2. The quantitative estimate of drug-likeness (QED) is 0.479. The Morgan fingerprint density at radius 2 is 1.60 bits per heavy atom. The van der Waals surface area contributed by atoms with E-state index in [1.807, 2.05) is 24.3 Å². The van der Waals surface area contributed by atoms with Gasteiger partial charge in [0, 0.05) is 4.47 Å². The van der Waals surface area contributed by atoms with Gasteiger partial charge in [0.15, 0.2) is 0 Å². The molecule has 102 valence electrons. The first-order valence-electron chi connectivity index (χ1n) is 5.84. The van der Waals surface area contributed by atoms with Crippen molar-refractivity contribution in [2.75, 3.05) is 0 Å². The van der Waals surface area contributed by atoms with Gasteiger partial charge in [0.05, 0.1) is 11.3 Å². The highest BCUT2D eigenvalue weighted by Gasteiger charge is 2.07. The molecule has 0 heterocycles. The molecule has 0 bridgehead atoms. The molecule has 0 amide bonds. The van der Waals surface area contributed by atoms with Crippen LogP contribution in [0.5, 0.6) is 0 Å². The lowest BCUT2D eigenvalue weighted by molar-refractivity contribution is 0.0516. The number of hydrogen-bond donors (Lipinski definition) is 0. The van der Waals surface area contributed by atoms with Gasteiger partial charge in [-0.1, -0.05) is 33.2 Å². The van der Waals surface area contributed by atoms with Crippen molar-refractivity contribution in [3.8, 4) is 0 Å². The van der Waals surface area contributed by atoms with E-state index in [0.717, 1.165) is 10.0 Å². The fourth-order valence-electron chi connectivity index (χ4n) is 1.49. The number of rotatable bonds is 3. The average Bonchev–Trinajstić information content (AvgIpc) is 2.46. The van der Waals surface area contributed by atoms with Gasteiger partial charge in [-0.15, -0.1) is 0 Å². The van der Waals surface area contributed by atoms with Gasteiger partial charge in [-0.05, 0) is 48.9 Å². The summed E-state index contributed by atoms with van der Waals surface area (Å²) in [5.74, 6) is -1.03. The van der Waals surface area contributed by atoms with Crippen LogP contribution in [0.3, 0.4) is 0 Å². The van der Waals surface area contributed by atoms with Crippen LogP contribution in [0, 0.1) is 5.82 Å². The predicted octanol–water partition coefficient (Wildman–Crippen LogP) is 4.17. The molecule has 2 aromatic carbocycles. The van der Waals surface area contributed by atoms with Gasteiger partial charge < -0.3 is 4.84 Å². The van der Waals surface area contributed by atoms with E-state index >= 15 is 0 Å². The fourth-order valence-corrected chi connectivity index (χ4v) is 1.76. The van der Waals surface area contributed by atoms with Crippen LogP contribution >= 0.6 is 15.9 Å². The lowest BCUT2D eigenvalue weighted by Crippen LogP contribution is -2.04. The van der Waals surface area contributed by atoms with Gasteiger partial charge in [-0.3, -0.25) is 0 Å². The molecule has 0 aromatic heterocycles. The zero-order valence-electron chi connectivity index (χ0n) is 10.6. The molecule has 20 heavy (non-hydrogen) atoms. The standard InChI is InChI=1S/C15H11BrFNO2/c1-10(11-2-6-13(16)7-3-11)18-20-15(19)12-4-8-14(17)9-5-12/h2-9H,1H3/b18-10-. The zero-order valence-corrected chi connectivity index (χ0v) is 12.2. The van der Waals surface area contributed by atoms with E-state index < -0.39 is 11.8 Å². The van der Waals surface area contributed by atoms with Gasteiger partial charge in [-0.25, -0.2) is 9.18 Å². The van der Waals surface area contributed by atoms with Crippen molar-refractivity contribution < 1.29 is 14.0 Å². The maximum atomic E-state index is 12.7. The van der Waals surface area contributed by atoms with Crippen LogP contribution in [0.4, 0.5) is 4.39 Å². The minimum atomic E-state index is -0.624. The smallest absolute Gasteiger partial charge is 0.313 e. The second kappa shape index (κ2) is 6.43. The number of benzene rings is 2. The van der Waals surface area contributed by atoms with E-state index in [4.69, 9.17) is 4.84 Å². The molecule has 0 unspecified atom stereocenters. The summed E-state index contributed by atoms with van der Waals surface area (Å²) in [6.45, 7) is 1.74. The minimum Gasteiger partial charge on any atom is -0.313 e. The highest BCUT2D eigenvalue weighted by molar-refractivity contribution is 9.10. The summed E-state index contributed by atoms with van der Waals surface area (Å²) in [5, 5.41) is 3.78. The van der Waals surface area contributed by atoms with Crippen LogP contribution in [-0.2, 0) is 4.84 Å². The first-order chi connectivity index (χ1) is 9.56. The van der Waals surface area contributed by atoms with Gasteiger partial charge in [0.1, 0.15) is 5.82 Å². The average molecular weight is 336 g/mol. The Hall–Kier alpha value is -2.01. The predicted molar refractivity (Wildman–Crippen MR) is 78.2 cm³/mol. The zero-order chi connectivity index (χ0) is 14.5. The minimum absolute atomic E-state index is 0.249. The molecule has 0 aliphatic rings. The summed E-state index contributed by atoms with van der Waals surface area (Å²) >= 11 is 3.34. The Morgan fingerprint density at radius 1 is 1.05 bits per heavy atom. The van der Waals surface area contributed by atoms with E-state index in [9.17, 15) is 9.18 Å². The van der Waals surface area contributed by atoms with Crippen LogP contribution in [-0.4, -0.2) is 11.7 Å². The van der Waals surface area contributed by atoms with E-state index in [1.54, 1.807) is 6.92 Å². The third kappa shape index (κ3) is 3.74. The molecule has 0 saturated heterocycles. The third-order valence-corrected chi connectivity index (χ3v) is 3.14. The molecular weight excluding hydrogens is 325 g/mol. The summed E-state index contributed by atoms with van der Waals surface area (Å²) in [6.07, 6.45) is 0. The van der Waals surface area contributed by atoms with E-state index in [0.29, 0.717) is 5.71 Å². The lowest BCUT2D eigenvalue weighted by Gasteiger charge is -2.01. The second-order valence-electron chi connectivity index (χ2n) is 4.07. The first-order valence-corrected chi connectivity index (χ1v) is 6.63. The van der Waals surface area contributed by atoms with Gasteiger partial charge >= 0.3 is 5.97 Å². The second-order valence-corrected chi connectivity index (χ2v) is 4.98. The molecule has 0 N–H and O–H groups in total. The summed E-state index contributed by atoms with van der Waals surface area (Å²) in [6, 6.07) is 12.5. The van der Waals surface area contributed by atoms with Crippen molar-refractivity contribution in [2.24, 2.45) is 5.16 Å². The van der Waals surface area contributed by atoms with Crippen molar-refractivity contribution in [1.29, 1.82) is 0 Å². The van der Waals surface area contributed by atoms with Crippen molar-refractivity contribution in [3.05, 3.63) is 69.9 Å². The van der Waals surface area contributed by atoms with Crippen LogP contribution in [0.2, 0.25) is 0 Å². The molecule has 0 aliphatic heterocycles. The van der Waals surface area contributed by atoms with Crippen molar-refractivity contribution in [2.45, 2.75) is 6.92 Å². The molecule has 0 atom stereocenters. The molecule has 5 heteroatoms. The fraction of sp³-hybridized carbons (Fsp3) is 0.0667. The molecule has 2 aromatic rings. The molecule has 0 spiro atoms. The topological polar surface area (TPSA) is 38.7 Å². The van der Waals surface area contributed by atoms with Crippen molar-refractivity contribution >= 4 is 27.6 Å². The Morgan fingerprint density at radius 3 is 2.20 bits per heavy atom. The summed E-state index contributed by atoms with van der Waals surface area (Å²) < 4.78 is 13.7. The number of carbonyl (C=O) groups excluding carboxylic acids is 1. The van der Waals surface area contributed by atoms with E-state index in [-0.39, 0.29) is 5.56 Å². The van der Waals surface area contributed by atoms with Crippen molar-refractivity contribution in [3.63, 3.8) is 0 Å². The maximum absolute atomic E-state index is 12.7. The van der Waals surface area contributed by atoms with Crippen LogP contribution in [0.25, 0.3) is 0 Å². The molecule has 2 rings (SSSR count). The molecular formula is C15H11BrFNO2. The van der Waals surface area contributed by atoms with Gasteiger partial charge in [0.25, 0.3) is 0 Å². The number of hydrogen-bond acceptors (Lipinski definition) is 3. The highest BCUT2D eigenvalue weighted by Crippen LogP contribution is 2.12. The molecule has 0 saturated carbocycles. The Kier molecular flexibility index (Phi) is 4.63. The maximum Gasteiger partial charge on any atom is 0.365 e. The summed E-state index contributed by atoms with van der Waals surface area (Å²) in [5.41, 5.74) is 1.67. The molecule has 0 aliphatic carbocycles. The van der Waals surface area contributed by atoms with Crippen molar-refractivity contribution in [1.82, 2.24) is 0 Å². The van der Waals surface area contributed by atoms with E-state index in [2.05, 4.69) is 21.1 Å². The van der Waals surface area contributed by atoms with Crippen LogP contribution in [0.15, 0.2) is 58.2 Å². The summed E-state index contributed by atoms with van der Waals surface area (Å²) in [7, 11) is 0. The van der Waals surface area contributed by atoms with Gasteiger partial charge in [-0.2, -0.15) is 0 Å². The Balaban J connectivity index is 2.06. The van der Waals surface area contributed by atoms with Crippen LogP contribution < -0.4 is 0 Å². The Bertz CT molecular complexity index is 636. The van der Waals surface area contributed by atoms with Gasteiger partial charge in [0.2, 0.25) is 0 Å².